The largest absolute Gasteiger partial charge is 0.397 e. The summed E-state index contributed by atoms with van der Waals surface area (Å²) >= 11 is 3.30. The Hall–Kier alpha value is -1.88. The summed E-state index contributed by atoms with van der Waals surface area (Å²) in [5.74, 6) is 0.365. The molecule has 2 rings (SSSR count). The molecule has 0 radical (unpaired) electrons. The minimum atomic E-state index is -0.112. The number of carbonyl (C=O) groups is 1. The maximum absolute atomic E-state index is 11.8. The number of nitrogens with one attached hydrogen (secondary N) is 1. The van der Waals surface area contributed by atoms with E-state index in [1.807, 2.05) is 30.3 Å². The molecule has 0 saturated carbocycles. The molecular formula is C13H12BrN3O. The molecule has 0 atom stereocenters. The van der Waals surface area contributed by atoms with Crippen molar-refractivity contribution in [2.75, 3.05) is 11.1 Å². The van der Waals surface area contributed by atoms with Crippen LogP contribution in [0.15, 0.2) is 47.1 Å². The van der Waals surface area contributed by atoms with Crippen molar-refractivity contribution < 1.29 is 4.79 Å². The molecule has 0 bridgehead atoms. The van der Waals surface area contributed by atoms with Gasteiger partial charge in [0.25, 0.3) is 0 Å². The van der Waals surface area contributed by atoms with Gasteiger partial charge in [0.1, 0.15) is 5.82 Å². The lowest BCUT2D eigenvalue weighted by atomic mass is 10.1. The molecule has 0 aliphatic rings. The van der Waals surface area contributed by atoms with Crippen molar-refractivity contribution in [3.8, 4) is 0 Å². The fourth-order valence-electron chi connectivity index (χ4n) is 1.50. The SMILES string of the molecule is Nc1cnc(NC(=O)Cc2ccccc2)c(Br)c1. The zero-order valence-electron chi connectivity index (χ0n) is 9.56. The van der Waals surface area contributed by atoms with Crippen molar-refractivity contribution in [2.45, 2.75) is 6.42 Å². The molecule has 0 aliphatic carbocycles. The minimum Gasteiger partial charge on any atom is -0.397 e. The second-order valence-electron chi connectivity index (χ2n) is 3.81. The standard InChI is InChI=1S/C13H12BrN3O/c14-11-7-10(15)8-16-13(11)17-12(18)6-9-4-2-1-3-5-9/h1-5,7-8H,6,15H2,(H,16,17,18). The number of rotatable bonds is 3. The smallest absolute Gasteiger partial charge is 0.229 e. The van der Waals surface area contributed by atoms with E-state index in [1.54, 1.807) is 6.07 Å². The van der Waals surface area contributed by atoms with Gasteiger partial charge >= 0.3 is 0 Å². The van der Waals surface area contributed by atoms with Gasteiger partial charge in [-0.3, -0.25) is 4.79 Å². The Kier molecular flexibility index (Phi) is 3.94. The molecule has 1 aromatic carbocycles. The van der Waals surface area contributed by atoms with E-state index in [0.717, 1.165) is 5.56 Å². The lowest BCUT2D eigenvalue weighted by molar-refractivity contribution is -0.115. The second-order valence-corrected chi connectivity index (χ2v) is 4.66. The van der Waals surface area contributed by atoms with E-state index in [4.69, 9.17) is 5.73 Å². The number of nitrogens with zero attached hydrogens (tertiary/aromatic N) is 1. The van der Waals surface area contributed by atoms with Crippen LogP contribution in [0.4, 0.5) is 11.5 Å². The molecular weight excluding hydrogens is 294 g/mol. The summed E-state index contributed by atoms with van der Waals surface area (Å²) < 4.78 is 0.670. The summed E-state index contributed by atoms with van der Waals surface area (Å²) in [5, 5.41) is 2.73. The summed E-state index contributed by atoms with van der Waals surface area (Å²) in [7, 11) is 0. The van der Waals surface area contributed by atoms with Gasteiger partial charge in [-0.25, -0.2) is 4.98 Å². The van der Waals surface area contributed by atoms with Crippen LogP contribution >= 0.6 is 15.9 Å². The lowest BCUT2D eigenvalue weighted by Crippen LogP contribution is -2.15. The topological polar surface area (TPSA) is 68.0 Å². The van der Waals surface area contributed by atoms with Crippen molar-refractivity contribution in [2.24, 2.45) is 0 Å². The van der Waals surface area contributed by atoms with Gasteiger partial charge < -0.3 is 11.1 Å². The number of amides is 1. The molecule has 5 heteroatoms. The van der Waals surface area contributed by atoms with Crippen molar-refractivity contribution >= 4 is 33.3 Å². The number of nitrogens with two attached hydrogens (primary N) is 1. The zero-order chi connectivity index (χ0) is 13.0. The summed E-state index contributed by atoms with van der Waals surface area (Å²) in [6.07, 6.45) is 1.82. The fourth-order valence-corrected chi connectivity index (χ4v) is 1.97. The van der Waals surface area contributed by atoms with Crippen LogP contribution in [-0.4, -0.2) is 10.9 Å². The van der Waals surface area contributed by atoms with Crippen LogP contribution in [0.25, 0.3) is 0 Å². The van der Waals surface area contributed by atoms with Crippen LogP contribution in [0.3, 0.4) is 0 Å². The molecule has 92 valence electrons. The highest BCUT2D eigenvalue weighted by molar-refractivity contribution is 9.10. The Labute approximate surface area is 113 Å². The second kappa shape index (κ2) is 5.64. The normalized spacial score (nSPS) is 10.1. The molecule has 4 nitrogen and oxygen atoms in total. The first-order valence-corrected chi connectivity index (χ1v) is 6.19. The fraction of sp³-hybridized carbons (Fsp3) is 0.0769. The number of nitrogen functional groups attached to an aromatic ring is 1. The van der Waals surface area contributed by atoms with Gasteiger partial charge in [0.05, 0.1) is 22.8 Å². The Bertz CT molecular complexity index is 557. The Morgan fingerprint density at radius 3 is 2.72 bits per heavy atom. The van der Waals surface area contributed by atoms with Crippen molar-refractivity contribution in [1.82, 2.24) is 4.98 Å². The molecule has 1 amide bonds. The Morgan fingerprint density at radius 2 is 2.06 bits per heavy atom. The van der Waals surface area contributed by atoms with E-state index < -0.39 is 0 Å². The average Bonchev–Trinajstić information content (AvgIpc) is 2.34. The van der Waals surface area contributed by atoms with Gasteiger partial charge in [-0.1, -0.05) is 30.3 Å². The van der Waals surface area contributed by atoms with Crippen molar-refractivity contribution in [3.05, 3.63) is 52.6 Å². The molecule has 3 N–H and O–H groups in total. The molecule has 0 unspecified atom stereocenters. The number of carbonyl (C=O) groups excluding carboxylic acids is 1. The highest BCUT2D eigenvalue weighted by atomic mass is 79.9. The minimum absolute atomic E-state index is 0.112. The third kappa shape index (κ3) is 3.30. The van der Waals surface area contributed by atoms with Crippen LogP contribution in [-0.2, 0) is 11.2 Å². The third-order valence-corrected chi connectivity index (χ3v) is 2.93. The highest BCUT2D eigenvalue weighted by Gasteiger charge is 2.07. The predicted octanol–water partition coefficient (Wildman–Crippen LogP) is 2.61. The zero-order valence-corrected chi connectivity index (χ0v) is 11.1. The quantitative estimate of drug-likeness (QED) is 0.916. The van der Waals surface area contributed by atoms with Crippen molar-refractivity contribution in [3.63, 3.8) is 0 Å². The predicted molar refractivity (Wildman–Crippen MR) is 75.1 cm³/mol. The molecule has 1 aromatic heterocycles. The summed E-state index contributed by atoms with van der Waals surface area (Å²) in [6.45, 7) is 0. The number of anilines is 2. The first-order chi connectivity index (χ1) is 8.65. The van der Waals surface area contributed by atoms with E-state index in [-0.39, 0.29) is 5.91 Å². The van der Waals surface area contributed by atoms with E-state index in [0.29, 0.717) is 22.4 Å². The van der Waals surface area contributed by atoms with Crippen molar-refractivity contribution in [1.29, 1.82) is 0 Å². The lowest BCUT2D eigenvalue weighted by Gasteiger charge is -2.06. The van der Waals surface area contributed by atoms with Crippen LogP contribution in [0.2, 0.25) is 0 Å². The Morgan fingerprint density at radius 1 is 1.33 bits per heavy atom. The summed E-state index contributed by atoms with van der Waals surface area (Å²) in [6, 6.07) is 11.2. The number of hydrogen-bond donors (Lipinski definition) is 2. The van der Waals surface area contributed by atoms with Gasteiger partial charge in [-0.15, -0.1) is 0 Å². The summed E-state index contributed by atoms with van der Waals surface area (Å²) in [5.41, 5.74) is 7.08. The average molecular weight is 306 g/mol. The monoisotopic (exact) mass is 305 g/mol. The molecule has 0 aliphatic heterocycles. The number of hydrogen-bond acceptors (Lipinski definition) is 3. The van der Waals surface area contributed by atoms with Crippen LogP contribution in [0, 0.1) is 0 Å². The van der Waals surface area contributed by atoms with Crippen LogP contribution in [0.1, 0.15) is 5.56 Å². The third-order valence-electron chi connectivity index (χ3n) is 2.33. The van der Waals surface area contributed by atoms with E-state index >= 15 is 0 Å². The maximum Gasteiger partial charge on any atom is 0.229 e. The molecule has 0 spiro atoms. The molecule has 18 heavy (non-hydrogen) atoms. The maximum atomic E-state index is 11.8. The summed E-state index contributed by atoms with van der Waals surface area (Å²) in [4.78, 5) is 15.9. The number of benzene rings is 1. The molecule has 0 fully saturated rings. The first-order valence-electron chi connectivity index (χ1n) is 5.40. The van der Waals surface area contributed by atoms with E-state index in [9.17, 15) is 4.79 Å². The number of pyridine rings is 1. The number of aromatic nitrogens is 1. The van der Waals surface area contributed by atoms with Crippen LogP contribution in [0.5, 0.6) is 0 Å². The number of halogens is 1. The van der Waals surface area contributed by atoms with Gasteiger partial charge in [0, 0.05) is 0 Å². The highest BCUT2D eigenvalue weighted by Crippen LogP contribution is 2.21. The van der Waals surface area contributed by atoms with Gasteiger partial charge in [0.2, 0.25) is 5.91 Å². The molecule has 2 aromatic rings. The van der Waals surface area contributed by atoms with Gasteiger partial charge in [-0.2, -0.15) is 0 Å². The molecule has 0 saturated heterocycles. The van der Waals surface area contributed by atoms with Crippen LogP contribution < -0.4 is 11.1 Å². The van der Waals surface area contributed by atoms with E-state index in [2.05, 4.69) is 26.2 Å². The van der Waals surface area contributed by atoms with Gasteiger partial charge in [-0.05, 0) is 27.6 Å². The van der Waals surface area contributed by atoms with E-state index in [1.165, 1.54) is 6.20 Å². The molecule has 1 heterocycles. The first kappa shape index (κ1) is 12.6. The Balaban J connectivity index is 2.03. The van der Waals surface area contributed by atoms with Gasteiger partial charge in [0.15, 0.2) is 0 Å².